The molecule has 0 N–H and O–H groups in total. The van der Waals surface area contributed by atoms with Crippen LogP contribution in [0.5, 0.6) is 0 Å². The number of anilines is 1. The van der Waals surface area contributed by atoms with Crippen molar-refractivity contribution in [1.29, 1.82) is 0 Å². The highest BCUT2D eigenvalue weighted by Crippen LogP contribution is 2.33. The monoisotopic (exact) mass is 264 g/mol. The van der Waals surface area contributed by atoms with Gasteiger partial charge in [-0.15, -0.1) is 11.6 Å². The van der Waals surface area contributed by atoms with Gasteiger partial charge < -0.3 is 9.47 Å². The third-order valence-corrected chi connectivity index (χ3v) is 4.05. The molecular weight excluding hydrogens is 248 g/mol. The summed E-state index contributed by atoms with van der Waals surface area (Å²) in [5.41, 5.74) is 2.10. The Morgan fingerprint density at radius 3 is 2.94 bits per heavy atom. The van der Waals surface area contributed by atoms with Gasteiger partial charge >= 0.3 is 0 Å². The van der Waals surface area contributed by atoms with Crippen molar-refractivity contribution in [2.24, 2.45) is 13.0 Å². The number of rotatable bonds is 3. The number of nitrogens with zero attached hydrogens (tertiary/aromatic N) is 4. The Morgan fingerprint density at radius 1 is 1.44 bits per heavy atom. The van der Waals surface area contributed by atoms with Crippen molar-refractivity contribution in [1.82, 2.24) is 14.5 Å². The Hall–Kier alpha value is -1.29. The topological polar surface area (TPSA) is 34.0 Å². The van der Waals surface area contributed by atoms with Crippen molar-refractivity contribution >= 4 is 28.5 Å². The van der Waals surface area contributed by atoms with E-state index in [1.165, 1.54) is 0 Å². The summed E-state index contributed by atoms with van der Waals surface area (Å²) in [5, 5.41) is 0.377. The van der Waals surface area contributed by atoms with Crippen LogP contribution >= 0.6 is 11.6 Å². The first-order valence-electron chi connectivity index (χ1n) is 6.26. The van der Waals surface area contributed by atoms with Crippen LogP contribution in [0.4, 0.5) is 5.82 Å². The molecular formula is C13H17ClN4. The minimum Gasteiger partial charge on any atom is -0.358 e. The van der Waals surface area contributed by atoms with Gasteiger partial charge in [-0.05, 0) is 24.8 Å². The van der Waals surface area contributed by atoms with Crippen LogP contribution in [0, 0.1) is 5.92 Å². The van der Waals surface area contributed by atoms with Gasteiger partial charge in [0, 0.05) is 32.2 Å². The standard InChI is InChI=1S/C13H17ClN4/c1-17(7-9-5-10(14)6-9)13-12-11(3-4-15-13)18(2)8-16-12/h3-4,8-10H,5-7H2,1-2H3. The second kappa shape index (κ2) is 4.43. The first kappa shape index (κ1) is 11.8. The lowest BCUT2D eigenvalue weighted by Gasteiger charge is -2.34. The third-order valence-electron chi connectivity index (χ3n) is 3.70. The Balaban J connectivity index is 1.84. The first-order chi connectivity index (χ1) is 8.65. The summed E-state index contributed by atoms with van der Waals surface area (Å²) in [6, 6.07) is 2.00. The summed E-state index contributed by atoms with van der Waals surface area (Å²) in [6.45, 7) is 1.01. The SMILES string of the molecule is CN(CC1CC(Cl)C1)c1nccc2c1ncn2C. The van der Waals surface area contributed by atoms with Crippen molar-refractivity contribution in [3.05, 3.63) is 18.6 Å². The first-order valence-corrected chi connectivity index (χ1v) is 6.70. The van der Waals surface area contributed by atoms with E-state index in [1.807, 2.05) is 30.2 Å². The van der Waals surface area contributed by atoms with Gasteiger partial charge in [-0.2, -0.15) is 0 Å². The highest BCUT2D eigenvalue weighted by atomic mass is 35.5. The van der Waals surface area contributed by atoms with Crippen molar-refractivity contribution in [3.8, 4) is 0 Å². The zero-order chi connectivity index (χ0) is 12.7. The minimum absolute atomic E-state index is 0.377. The largest absolute Gasteiger partial charge is 0.358 e. The summed E-state index contributed by atoms with van der Waals surface area (Å²) >= 11 is 6.02. The molecule has 0 saturated heterocycles. The highest BCUT2D eigenvalue weighted by molar-refractivity contribution is 6.21. The molecule has 18 heavy (non-hydrogen) atoms. The lowest BCUT2D eigenvalue weighted by molar-refractivity contribution is 0.329. The summed E-state index contributed by atoms with van der Waals surface area (Å²) < 4.78 is 2.02. The average Bonchev–Trinajstić information content (AvgIpc) is 2.69. The van der Waals surface area contributed by atoms with Gasteiger partial charge in [0.05, 0.1) is 11.8 Å². The van der Waals surface area contributed by atoms with Crippen LogP contribution in [-0.2, 0) is 7.05 Å². The Kier molecular flexibility index (Phi) is 2.90. The quantitative estimate of drug-likeness (QED) is 0.799. The molecule has 0 unspecified atom stereocenters. The molecule has 0 bridgehead atoms. The van der Waals surface area contributed by atoms with Crippen molar-refractivity contribution in [3.63, 3.8) is 0 Å². The van der Waals surface area contributed by atoms with E-state index in [-0.39, 0.29) is 0 Å². The zero-order valence-electron chi connectivity index (χ0n) is 10.7. The van der Waals surface area contributed by atoms with Gasteiger partial charge in [-0.3, -0.25) is 0 Å². The number of hydrogen-bond acceptors (Lipinski definition) is 3. The molecule has 0 amide bonds. The summed E-state index contributed by atoms with van der Waals surface area (Å²) in [5.74, 6) is 1.66. The molecule has 0 radical (unpaired) electrons. The lowest BCUT2D eigenvalue weighted by Crippen LogP contribution is -2.35. The number of halogens is 1. The van der Waals surface area contributed by atoms with Crippen LogP contribution in [0.2, 0.25) is 0 Å². The van der Waals surface area contributed by atoms with Crippen LogP contribution < -0.4 is 4.90 Å². The molecule has 5 heteroatoms. The number of aromatic nitrogens is 3. The minimum atomic E-state index is 0.377. The van der Waals surface area contributed by atoms with E-state index in [2.05, 4.69) is 21.9 Å². The maximum atomic E-state index is 6.02. The normalized spacial score (nSPS) is 23.1. The van der Waals surface area contributed by atoms with Gasteiger partial charge in [0.25, 0.3) is 0 Å². The second-order valence-corrected chi connectivity index (χ2v) is 5.79. The van der Waals surface area contributed by atoms with E-state index in [9.17, 15) is 0 Å². The summed E-state index contributed by atoms with van der Waals surface area (Å²) in [4.78, 5) is 11.1. The van der Waals surface area contributed by atoms with E-state index < -0.39 is 0 Å². The lowest BCUT2D eigenvalue weighted by atomic mass is 9.84. The molecule has 1 saturated carbocycles. The van der Waals surface area contributed by atoms with E-state index in [1.54, 1.807) is 0 Å². The van der Waals surface area contributed by atoms with Crippen molar-refractivity contribution in [2.75, 3.05) is 18.5 Å². The number of alkyl halides is 1. The predicted molar refractivity (Wildman–Crippen MR) is 74.1 cm³/mol. The van der Waals surface area contributed by atoms with Crippen molar-refractivity contribution < 1.29 is 0 Å². The third kappa shape index (κ3) is 1.94. The van der Waals surface area contributed by atoms with Gasteiger partial charge in [0.2, 0.25) is 0 Å². The van der Waals surface area contributed by atoms with E-state index in [0.29, 0.717) is 11.3 Å². The molecule has 2 aromatic heterocycles. The summed E-state index contributed by atoms with van der Waals surface area (Å²) in [7, 11) is 4.08. The number of imidazole rings is 1. The van der Waals surface area contributed by atoms with Crippen molar-refractivity contribution in [2.45, 2.75) is 18.2 Å². The molecule has 1 aliphatic carbocycles. The predicted octanol–water partition coefficient (Wildman–Crippen LogP) is 2.42. The van der Waals surface area contributed by atoms with Crippen LogP contribution in [0.15, 0.2) is 18.6 Å². The fraction of sp³-hybridized carbons (Fsp3) is 0.538. The molecule has 1 aliphatic rings. The van der Waals surface area contributed by atoms with Gasteiger partial charge in [0.1, 0.15) is 5.52 Å². The van der Waals surface area contributed by atoms with Gasteiger partial charge in [-0.1, -0.05) is 0 Å². The molecule has 0 atom stereocenters. The maximum absolute atomic E-state index is 6.02. The fourth-order valence-electron chi connectivity index (χ4n) is 2.60. The van der Waals surface area contributed by atoms with E-state index in [0.717, 1.165) is 36.2 Å². The van der Waals surface area contributed by atoms with Crippen LogP contribution in [0.25, 0.3) is 11.0 Å². The number of hydrogen-bond donors (Lipinski definition) is 0. The fourth-order valence-corrected chi connectivity index (χ4v) is 3.11. The van der Waals surface area contributed by atoms with Crippen LogP contribution in [0.1, 0.15) is 12.8 Å². The van der Waals surface area contributed by atoms with Crippen LogP contribution in [-0.4, -0.2) is 33.5 Å². The molecule has 2 heterocycles. The average molecular weight is 265 g/mol. The van der Waals surface area contributed by atoms with Crippen LogP contribution in [0.3, 0.4) is 0 Å². The van der Waals surface area contributed by atoms with E-state index in [4.69, 9.17) is 11.6 Å². The molecule has 0 spiro atoms. The Labute approximate surface area is 112 Å². The number of aryl methyl sites for hydroxylation is 1. The molecule has 0 aromatic carbocycles. The summed E-state index contributed by atoms with van der Waals surface area (Å²) in [6.07, 6.45) is 5.91. The molecule has 1 fully saturated rings. The van der Waals surface area contributed by atoms with Gasteiger partial charge in [0.15, 0.2) is 5.82 Å². The Bertz CT molecular complexity index is 559. The molecule has 3 rings (SSSR count). The maximum Gasteiger partial charge on any atom is 0.156 e. The molecule has 4 nitrogen and oxygen atoms in total. The molecule has 0 aliphatic heterocycles. The molecule has 2 aromatic rings. The molecule has 96 valence electrons. The zero-order valence-corrected chi connectivity index (χ0v) is 11.4. The Morgan fingerprint density at radius 2 is 2.22 bits per heavy atom. The van der Waals surface area contributed by atoms with Gasteiger partial charge in [-0.25, -0.2) is 9.97 Å². The number of fused-ring (bicyclic) bond motifs is 1. The van der Waals surface area contributed by atoms with E-state index >= 15 is 0 Å². The second-order valence-electron chi connectivity index (χ2n) is 5.17. The smallest absolute Gasteiger partial charge is 0.156 e. The highest BCUT2D eigenvalue weighted by Gasteiger charge is 2.28. The number of pyridine rings is 1.